The summed E-state index contributed by atoms with van der Waals surface area (Å²) in [6, 6.07) is 3.20. The third-order valence-electron chi connectivity index (χ3n) is 1.94. The fourth-order valence-electron chi connectivity index (χ4n) is 1.01. The second kappa shape index (κ2) is 3.01. The highest BCUT2D eigenvalue weighted by Gasteiger charge is 2.22. The lowest BCUT2D eigenvalue weighted by atomic mass is 10.4. The molecule has 0 spiro atoms. The SMILES string of the molecule is O=C(NCC1CC1)c1cc[c]o1. The molecule has 0 bridgehead atoms. The van der Waals surface area contributed by atoms with E-state index >= 15 is 0 Å². The Hall–Kier alpha value is -1.25. The Bertz CT molecular complexity index is 262. The van der Waals surface area contributed by atoms with Crippen molar-refractivity contribution in [1.29, 1.82) is 0 Å². The van der Waals surface area contributed by atoms with Gasteiger partial charge in [-0.3, -0.25) is 4.79 Å². The largest absolute Gasteiger partial charge is 0.448 e. The lowest BCUT2D eigenvalue weighted by Crippen LogP contribution is -2.24. The Morgan fingerprint density at radius 2 is 2.58 bits per heavy atom. The maximum Gasteiger partial charge on any atom is 0.287 e. The molecule has 0 atom stereocenters. The van der Waals surface area contributed by atoms with E-state index in [-0.39, 0.29) is 5.91 Å². The summed E-state index contributed by atoms with van der Waals surface area (Å²) >= 11 is 0. The molecule has 63 valence electrons. The molecule has 1 aromatic rings. The number of carbonyl (C=O) groups is 1. The zero-order chi connectivity index (χ0) is 8.39. The summed E-state index contributed by atoms with van der Waals surface area (Å²) in [6.45, 7) is 0.777. The van der Waals surface area contributed by atoms with Gasteiger partial charge in [0.15, 0.2) is 12.0 Å². The van der Waals surface area contributed by atoms with Crippen LogP contribution in [0.15, 0.2) is 16.5 Å². The van der Waals surface area contributed by atoms with E-state index in [9.17, 15) is 4.79 Å². The minimum Gasteiger partial charge on any atom is -0.448 e. The fourth-order valence-corrected chi connectivity index (χ4v) is 1.01. The first-order chi connectivity index (χ1) is 5.86. The Balaban J connectivity index is 1.83. The zero-order valence-electron chi connectivity index (χ0n) is 6.67. The maximum atomic E-state index is 11.2. The monoisotopic (exact) mass is 164 g/mol. The van der Waals surface area contributed by atoms with Crippen LogP contribution in [0.5, 0.6) is 0 Å². The van der Waals surface area contributed by atoms with Gasteiger partial charge in [0.05, 0.1) is 0 Å². The van der Waals surface area contributed by atoms with Crippen molar-refractivity contribution in [3.8, 4) is 0 Å². The first kappa shape index (κ1) is 7.40. The van der Waals surface area contributed by atoms with Gasteiger partial charge < -0.3 is 9.73 Å². The fraction of sp³-hybridized carbons (Fsp3) is 0.444. The third-order valence-corrected chi connectivity index (χ3v) is 1.94. The van der Waals surface area contributed by atoms with Gasteiger partial charge in [-0.15, -0.1) is 0 Å². The highest BCUT2D eigenvalue weighted by molar-refractivity contribution is 5.91. The van der Waals surface area contributed by atoms with E-state index in [1.807, 2.05) is 0 Å². The first-order valence-corrected chi connectivity index (χ1v) is 4.10. The molecule has 0 unspecified atom stereocenters. The number of furan rings is 1. The van der Waals surface area contributed by atoms with Crippen molar-refractivity contribution in [2.75, 3.05) is 6.54 Å². The van der Waals surface area contributed by atoms with E-state index in [4.69, 9.17) is 4.42 Å². The van der Waals surface area contributed by atoms with Gasteiger partial charge in [-0.25, -0.2) is 0 Å². The van der Waals surface area contributed by atoms with Crippen molar-refractivity contribution in [3.63, 3.8) is 0 Å². The molecule has 3 nitrogen and oxygen atoms in total. The molecule has 12 heavy (non-hydrogen) atoms. The van der Waals surface area contributed by atoms with Gasteiger partial charge in [-0.05, 0) is 30.9 Å². The van der Waals surface area contributed by atoms with Gasteiger partial charge in [0, 0.05) is 6.54 Å². The summed E-state index contributed by atoms with van der Waals surface area (Å²) in [7, 11) is 0. The second-order valence-electron chi connectivity index (χ2n) is 3.07. The standard InChI is InChI=1S/C9H10NO2/c11-9(8-2-1-5-12-8)10-6-7-3-4-7/h1-2,7H,3-4,6H2,(H,10,11). The minimum absolute atomic E-state index is 0.136. The molecule has 1 aromatic heterocycles. The summed E-state index contributed by atoms with van der Waals surface area (Å²) in [4.78, 5) is 11.2. The predicted octanol–water partition coefficient (Wildman–Crippen LogP) is 1.22. The minimum atomic E-state index is -0.136. The van der Waals surface area contributed by atoms with Crippen LogP contribution in [0.3, 0.4) is 0 Å². The molecular weight excluding hydrogens is 154 g/mol. The van der Waals surface area contributed by atoms with Gasteiger partial charge >= 0.3 is 0 Å². The van der Waals surface area contributed by atoms with Crippen LogP contribution in [-0.2, 0) is 0 Å². The Morgan fingerprint density at radius 1 is 1.75 bits per heavy atom. The van der Waals surface area contributed by atoms with E-state index in [2.05, 4.69) is 11.6 Å². The molecule has 1 radical (unpaired) electrons. The first-order valence-electron chi connectivity index (χ1n) is 4.10. The topological polar surface area (TPSA) is 42.2 Å². The summed E-state index contributed by atoms with van der Waals surface area (Å²) in [5, 5.41) is 2.79. The van der Waals surface area contributed by atoms with Crippen LogP contribution in [0.4, 0.5) is 0 Å². The molecule has 2 rings (SSSR count). The van der Waals surface area contributed by atoms with E-state index in [1.54, 1.807) is 12.1 Å². The van der Waals surface area contributed by atoms with Crippen molar-refractivity contribution in [3.05, 3.63) is 24.2 Å². The van der Waals surface area contributed by atoms with Gasteiger partial charge in [0.2, 0.25) is 0 Å². The van der Waals surface area contributed by atoms with Crippen molar-refractivity contribution in [1.82, 2.24) is 5.32 Å². The molecule has 1 fully saturated rings. The van der Waals surface area contributed by atoms with Crippen LogP contribution in [-0.4, -0.2) is 12.5 Å². The summed E-state index contributed by atoms with van der Waals surface area (Å²) in [5.74, 6) is 0.909. The molecular formula is C9H10NO2. The smallest absolute Gasteiger partial charge is 0.287 e. The average Bonchev–Trinajstić information content (AvgIpc) is 2.74. The van der Waals surface area contributed by atoms with Crippen molar-refractivity contribution >= 4 is 5.91 Å². The molecule has 0 aromatic carbocycles. The molecule has 0 aliphatic heterocycles. The molecule has 1 saturated carbocycles. The molecule has 1 N–H and O–H groups in total. The second-order valence-corrected chi connectivity index (χ2v) is 3.07. The maximum absolute atomic E-state index is 11.2. The number of amides is 1. The average molecular weight is 164 g/mol. The van der Waals surface area contributed by atoms with Crippen LogP contribution in [0.1, 0.15) is 23.4 Å². The predicted molar refractivity (Wildman–Crippen MR) is 42.6 cm³/mol. The van der Waals surface area contributed by atoms with E-state index in [0.717, 1.165) is 6.54 Å². The lowest BCUT2D eigenvalue weighted by Gasteiger charge is -1.99. The summed E-state index contributed by atoms with van der Waals surface area (Å²) < 4.78 is 4.81. The molecule has 1 aliphatic rings. The normalized spacial score (nSPS) is 16.0. The highest BCUT2D eigenvalue weighted by atomic mass is 16.3. The van der Waals surface area contributed by atoms with Crippen molar-refractivity contribution in [2.24, 2.45) is 5.92 Å². The quantitative estimate of drug-likeness (QED) is 0.729. The van der Waals surface area contributed by atoms with Gasteiger partial charge in [-0.1, -0.05) is 0 Å². The molecule has 1 amide bonds. The van der Waals surface area contributed by atoms with Crippen LogP contribution in [0, 0.1) is 12.2 Å². The molecule has 0 saturated heterocycles. The van der Waals surface area contributed by atoms with Crippen molar-refractivity contribution in [2.45, 2.75) is 12.8 Å². The summed E-state index contributed by atoms with van der Waals surface area (Å²) in [6.07, 6.45) is 4.96. The van der Waals surface area contributed by atoms with E-state index < -0.39 is 0 Å². The number of hydrogen-bond acceptors (Lipinski definition) is 2. The van der Waals surface area contributed by atoms with Crippen molar-refractivity contribution < 1.29 is 9.21 Å². The summed E-state index contributed by atoms with van der Waals surface area (Å²) in [5.41, 5.74) is 0. The third kappa shape index (κ3) is 1.67. The molecule has 1 aliphatic carbocycles. The van der Waals surface area contributed by atoms with Gasteiger partial charge in [0.1, 0.15) is 0 Å². The van der Waals surface area contributed by atoms with E-state index in [1.165, 1.54) is 12.8 Å². The number of carbonyl (C=O) groups excluding carboxylic acids is 1. The van der Waals surface area contributed by atoms with Crippen LogP contribution >= 0.6 is 0 Å². The number of rotatable bonds is 3. The Labute approximate surface area is 70.8 Å². The Morgan fingerprint density at radius 3 is 3.17 bits per heavy atom. The molecule has 3 heteroatoms. The number of hydrogen-bond donors (Lipinski definition) is 1. The number of nitrogens with one attached hydrogen (secondary N) is 1. The van der Waals surface area contributed by atoms with Crippen LogP contribution in [0.2, 0.25) is 0 Å². The van der Waals surface area contributed by atoms with Crippen LogP contribution in [0.25, 0.3) is 0 Å². The highest BCUT2D eigenvalue weighted by Crippen LogP contribution is 2.27. The van der Waals surface area contributed by atoms with Gasteiger partial charge in [0.25, 0.3) is 5.91 Å². The van der Waals surface area contributed by atoms with Crippen LogP contribution < -0.4 is 5.32 Å². The zero-order valence-corrected chi connectivity index (χ0v) is 6.67. The van der Waals surface area contributed by atoms with Gasteiger partial charge in [-0.2, -0.15) is 0 Å². The molecule has 1 heterocycles. The lowest BCUT2D eigenvalue weighted by molar-refractivity contribution is 0.0923. The Kier molecular flexibility index (Phi) is 1.86. The van der Waals surface area contributed by atoms with E-state index in [0.29, 0.717) is 11.7 Å².